The van der Waals surface area contributed by atoms with Crippen LogP contribution < -0.4 is 9.64 Å². The van der Waals surface area contributed by atoms with E-state index in [4.69, 9.17) is 9.72 Å². The number of anilines is 1. The molecule has 6 bridgehead atoms. The standard InChI is InChI=1S/C36H40F3N5O2/c37-24-17-36(12-6-14-44(36)20-24)21-46-35-41-33-28-18-40-32(31(33)39)27-16-25(45)15-23-10-11-29(38)26(30(23)27)9-4-2-1-3-7-22-8-5-13-43(19-22)34(28)42-35/h10-11,15-16,18,22,24,45H,1-9,12-14,17,19-21H2/t22?,24-,36+/m1/s1. The molecule has 0 aliphatic carbocycles. The van der Waals surface area contributed by atoms with Crippen LogP contribution in [0.2, 0.25) is 0 Å². The number of aryl methyl sites for hydroxylation is 1. The molecule has 5 aliphatic rings. The van der Waals surface area contributed by atoms with Crippen LogP contribution in [0, 0.1) is 17.6 Å². The zero-order valence-electron chi connectivity index (χ0n) is 26.1. The topological polar surface area (TPSA) is 74.6 Å². The van der Waals surface area contributed by atoms with E-state index < -0.39 is 17.5 Å². The summed E-state index contributed by atoms with van der Waals surface area (Å²) >= 11 is 0. The van der Waals surface area contributed by atoms with Crippen molar-refractivity contribution in [2.24, 2.45) is 5.92 Å². The number of aromatic hydroxyl groups is 1. The van der Waals surface area contributed by atoms with Crippen LogP contribution in [-0.4, -0.2) is 69.5 Å². The Labute approximate surface area is 266 Å². The van der Waals surface area contributed by atoms with Crippen molar-refractivity contribution in [1.82, 2.24) is 19.9 Å². The maximum Gasteiger partial charge on any atom is 0.319 e. The Balaban J connectivity index is 1.30. The molecule has 0 spiro atoms. The number of phenolic OH excluding ortho intramolecular Hbond substituents is 1. The van der Waals surface area contributed by atoms with Crippen molar-refractivity contribution in [3.05, 3.63) is 47.7 Å². The molecule has 4 aromatic rings. The highest BCUT2D eigenvalue weighted by Gasteiger charge is 2.49. The van der Waals surface area contributed by atoms with E-state index in [-0.39, 0.29) is 35.4 Å². The smallest absolute Gasteiger partial charge is 0.319 e. The van der Waals surface area contributed by atoms with E-state index in [1.165, 1.54) is 12.1 Å². The Kier molecular flexibility index (Phi) is 7.66. The fourth-order valence-corrected chi connectivity index (χ4v) is 8.68. The molecule has 5 aliphatic heterocycles. The number of hydrogen-bond acceptors (Lipinski definition) is 7. The zero-order valence-corrected chi connectivity index (χ0v) is 26.1. The summed E-state index contributed by atoms with van der Waals surface area (Å²) in [6, 6.07) is 6.16. The number of benzene rings is 2. The van der Waals surface area contributed by atoms with Crippen LogP contribution in [0.4, 0.5) is 19.0 Å². The number of pyridine rings is 1. The molecule has 1 unspecified atom stereocenters. The Hall–Kier alpha value is -3.66. The Morgan fingerprint density at radius 3 is 2.76 bits per heavy atom. The van der Waals surface area contributed by atoms with E-state index in [9.17, 15) is 9.50 Å². The van der Waals surface area contributed by atoms with Gasteiger partial charge in [0.15, 0.2) is 5.82 Å². The second-order valence-electron chi connectivity index (χ2n) is 13.9. The Morgan fingerprint density at radius 1 is 0.978 bits per heavy atom. The van der Waals surface area contributed by atoms with Crippen LogP contribution >= 0.6 is 0 Å². The molecule has 2 aromatic carbocycles. The van der Waals surface area contributed by atoms with E-state index in [1.807, 2.05) is 0 Å². The number of ether oxygens (including phenoxy) is 1. The quantitative estimate of drug-likeness (QED) is 0.251. The van der Waals surface area contributed by atoms with Gasteiger partial charge in [0.1, 0.15) is 41.4 Å². The van der Waals surface area contributed by atoms with Crippen molar-refractivity contribution in [3.63, 3.8) is 0 Å². The van der Waals surface area contributed by atoms with Crippen LogP contribution in [-0.2, 0) is 6.42 Å². The summed E-state index contributed by atoms with van der Waals surface area (Å²) in [5.74, 6) is 0.0110. The number of fused-ring (bicyclic) bond motifs is 7. The fourth-order valence-electron chi connectivity index (χ4n) is 8.68. The summed E-state index contributed by atoms with van der Waals surface area (Å²) in [7, 11) is 0. The third kappa shape index (κ3) is 5.22. The number of halogens is 3. The molecule has 0 radical (unpaired) electrons. The third-order valence-electron chi connectivity index (χ3n) is 10.9. The first-order chi connectivity index (χ1) is 22.4. The molecule has 242 valence electrons. The zero-order chi connectivity index (χ0) is 31.4. The molecule has 0 amide bonds. The van der Waals surface area contributed by atoms with Gasteiger partial charge in [-0.3, -0.25) is 9.88 Å². The summed E-state index contributed by atoms with van der Waals surface area (Å²) in [5, 5.41) is 12.4. The highest BCUT2D eigenvalue weighted by Crippen LogP contribution is 2.42. The van der Waals surface area contributed by atoms with Gasteiger partial charge < -0.3 is 14.7 Å². The predicted octanol–water partition coefficient (Wildman–Crippen LogP) is 7.51. The first-order valence-electron chi connectivity index (χ1n) is 17.0. The second-order valence-corrected chi connectivity index (χ2v) is 13.9. The highest BCUT2D eigenvalue weighted by molar-refractivity contribution is 6.01. The number of piperidine rings is 1. The molecule has 2 aromatic heterocycles. The first kappa shape index (κ1) is 29.7. The van der Waals surface area contributed by atoms with Gasteiger partial charge >= 0.3 is 6.01 Å². The maximum atomic E-state index is 16.9. The molecule has 3 saturated heterocycles. The van der Waals surface area contributed by atoms with E-state index in [0.717, 1.165) is 77.4 Å². The van der Waals surface area contributed by atoms with E-state index in [0.29, 0.717) is 58.4 Å². The van der Waals surface area contributed by atoms with Crippen molar-refractivity contribution < 1.29 is 23.0 Å². The van der Waals surface area contributed by atoms with Crippen molar-refractivity contribution in [3.8, 4) is 23.0 Å². The molecule has 3 atom stereocenters. The minimum Gasteiger partial charge on any atom is -0.508 e. The van der Waals surface area contributed by atoms with Gasteiger partial charge in [-0.2, -0.15) is 9.97 Å². The van der Waals surface area contributed by atoms with Crippen molar-refractivity contribution >= 4 is 27.5 Å². The maximum absolute atomic E-state index is 16.9. The first-order valence-corrected chi connectivity index (χ1v) is 17.0. The number of rotatable bonds is 3. The molecule has 7 nitrogen and oxygen atoms in total. The Bertz CT molecular complexity index is 1800. The lowest BCUT2D eigenvalue weighted by Crippen LogP contribution is -2.43. The lowest BCUT2D eigenvalue weighted by atomic mass is 9.91. The van der Waals surface area contributed by atoms with Crippen LogP contribution in [0.15, 0.2) is 30.5 Å². The molecular formula is C36H40F3N5O2. The number of hydrogen-bond donors (Lipinski definition) is 1. The van der Waals surface area contributed by atoms with Gasteiger partial charge in [-0.15, -0.1) is 0 Å². The summed E-state index contributed by atoms with van der Waals surface area (Å²) in [6.07, 6.45) is 10.7. The van der Waals surface area contributed by atoms with E-state index in [2.05, 4.69) is 19.8 Å². The average molecular weight is 632 g/mol. The minimum atomic E-state index is -0.892. The molecule has 1 N–H and O–H groups in total. The van der Waals surface area contributed by atoms with Gasteiger partial charge in [0, 0.05) is 37.8 Å². The Morgan fingerprint density at radius 2 is 1.85 bits per heavy atom. The molecule has 10 heteroatoms. The van der Waals surface area contributed by atoms with Gasteiger partial charge in [0.2, 0.25) is 0 Å². The number of nitrogens with zero attached hydrogens (tertiary/aromatic N) is 5. The SMILES string of the molecule is Oc1cc2c3c(c(F)ccc3c1)CCCCCCC1CCCN(C1)c1nc(OC[C@@]34CCCN3C[C@H](F)C4)nc3c(F)c-2ncc13. The molecule has 46 heavy (non-hydrogen) atoms. The van der Waals surface area contributed by atoms with Gasteiger partial charge in [-0.05, 0) is 91.9 Å². The molecule has 0 saturated carbocycles. The number of aromatic nitrogens is 3. The average Bonchev–Trinajstić information content (AvgIpc) is 3.57. The largest absolute Gasteiger partial charge is 0.508 e. The molecular weight excluding hydrogens is 591 g/mol. The lowest BCUT2D eigenvalue weighted by molar-refractivity contribution is 0.107. The fraction of sp³-hybridized carbons (Fsp3) is 0.528. The second kappa shape index (κ2) is 11.9. The number of alkyl halides is 1. The van der Waals surface area contributed by atoms with E-state index >= 15 is 8.78 Å². The minimum absolute atomic E-state index is 0.00619. The molecule has 7 heterocycles. The van der Waals surface area contributed by atoms with Crippen LogP contribution in [0.5, 0.6) is 11.8 Å². The van der Waals surface area contributed by atoms with E-state index in [1.54, 1.807) is 18.3 Å². The molecule has 9 rings (SSSR count). The lowest BCUT2D eigenvalue weighted by Gasteiger charge is -2.34. The summed E-state index contributed by atoms with van der Waals surface area (Å²) in [4.78, 5) is 18.5. The van der Waals surface area contributed by atoms with Gasteiger partial charge in [-0.1, -0.05) is 25.3 Å². The number of phenols is 1. The highest BCUT2D eigenvalue weighted by atomic mass is 19.1. The summed E-state index contributed by atoms with van der Waals surface area (Å²) in [6.45, 7) is 3.08. The monoisotopic (exact) mass is 631 g/mol. The van der Waals surface area contributed by atoms with Crippen molar-refractivity contribution in [1.29, 1.82) is 0 Å². The van der Waals surface area contributed by atoms with Crippen molar-refractivity contribution in [2.75, 3.05) is 37.7 Å². The van der Waals surface area contributed by atoms with Gasteiger partial charge in [0.05, 0.1) is 10.9 Å². The van der Waals surface area contributed by atoms with Crippen molar-refractivity contribution in [2.45, 2.75) is 82.3 Å². The van der Waals surface area contributed by atoms with Gasteiger partial charge in [-0.25, -0.2) is 13.2 Å². The third-order valence-corrected chi connectivity index (χ3v) is 10.9. The summed E-state index contributed by atoms with van der Waals surface area (Å²) < 4.78 is 53.2. The molecule has 3 fully saturated rings. The van der Waals surface area contributed by atoms with Gasteiger partial charge in [0.25, 0.3) is 0 Å². The normalized spacial score (nSPS) is 25.4. The van der Waals surface area contributed by atoms with Crippen LogP contribution in [0.25, 0.3) is 32.9 Å². The summed E-state index contributed by atoms with van der Waals surface area (Å²) in [5.41, 5.74) is 0.503. The predicted molar refractivity (Wildman–Crippen MR) is 172 cm³/mol. The van der Waals surface area contributed by atoms with Crippen LogP contribution in [0.3, 0.4) is 0 Å². The van der Waals surface area contributed by atoms with Crippen LogP contribution in [0.1, 0.15) is 69.8 Å².